The van der Waals surface area contributed by atoms with E-state index in [1.54, 1.807) is 22.3 Å². The number of hydrogen-bond donors (Lipinski definition) is 0. The maximum atomic E-state index is 12.9. The summed E-state index contributed by atoms with van der Waals surface area (Å²) in [5.74, 6) is 0.822. The number of aryl methyl sites for hydroxylation is 3. The Bertz CT molecular complexity index is 1010. The molecule has 29 heavy (non-hydrogen) atoms. The molecule has 3 rings (SSSR count). The van der Waals surface area contributed by atoms with Crippen LogP contribution in [0.3, 0.4) is 0 Å². The topological polar surface area (TPSA) is 42.4 Å². The minimum Gasteiger partial charge on any atom is -0.486 e. The van der Waals surface area contributed by atoms with Gasteiger partial charge in [0.05, 0.1) is 12.2 Å². The Morgan fingerprint density at radius 2 is 2.00 bits per heavy atom. The molecule has 3 aromatic rings. The average Bonchev–Trinajstić information content (AvgIpc) is 3.15. The molecule has 0 atom stereocenters. The van der Waals surface area contributed by atoms with Gasteiger partial charge in [-0.15, -0.1) is 17.9 Å². The van der Waals surface area contributed by atoms with Gasteiger partial charge in [0, 0.05) is 17.5 Å². The number of thiazole rings is 1. The number of amides is 1. The van der Waals surface area contributed by atoms with Gasteiger partial charge in [-0.05, 0) is 56.2 Å². The molecule has 150 valence electrons. The highest BCUT2D eigenvalue weighted by Crippen LogP contribution is 2.20. The Hall–Kier alpha value is -2.92. The maximum absolute atomic E-state index is 12.9. The monoisotopic (exact) mass is 406 g/mol. The quantitative estimate of drug-likeness (QED) is 0.466. The van der Waals surface area contributed by atoms with E-state index >= 15 is 0 Å². The van der Waals surface area contributed by atoms with Gasteiger partial charge in [0.25, 0.3) is 5.91 Å². The third kappa shape index (κ3) is 5.55. The number of carbonyl (C=O) groups is 1. The molecular weight excluding hydrogens is 380 g/mol. The molecule has 0 saturated carbocycles. The first kappa shape index (κ1) is 20.8. The number of carbonyl (C=O) groups excluding carboxylic acids is 1. The van der Waals surface area contributed by atoms with Crippen molar-refractivity contribution < 1.29 is 9.53 Å². The second-order valence-electron chi connectivity index (χ2n) is 7.11. The molecule has 0 saturated heterocycles. The van der Waals surface area contributed by atoms with Gasteiger partial charge in [0.2, 0.25) is 0 Å². The number of hydrogen-bond acceptors (Lipinski definition) is 4. The van der Waals surface area contributed by atoms with Crippen molar-refractivity contribution in [1.29, 1.82) is 0 Å². The SMILES string of the molecule is C=CCN(Cc1csc(COc2ccc(C)c(C)c2)n1)C(=O)c1cccc(C)c1. The lowest BCUT2D eigenvalue weighted by Gasteiger charge is -2.20. The van der Waals surface area contributed by atoms with Crippen LogP contribution in [-0.2, 0) is 13.2 Å². The van der Waals surface area contributed by atoms with E-state index in [9.17, 15) is 4.79 Å². The molecule has 2 aromatic carbocycles. The highest BCUT2D eigenvalue weighted by Gasteiger charge is 2.16. The van der Waals surface area contributed by atoms with Crippen molar-refractivity contribution in [3.05, 3.63) is 93.5 Å². The van der Waals surface area contributed by atoms with Crippen LogP contribution in [0.2, 0.25) is 0 Å². The van der Waals surface area contributed by atoms with Gasteiger partial charge >= 0.3 is 0 Å². The van der Waals surface area contributed by atoms with Crippen LogP contribution in [0, 0.1) is 20.8 Å². The summed E-state index contributed by atoms with van der Waals surface area (Å²) in [4.78, 5) is 19.3. The van der Waals surface area contributed by atoms with Crippen LogP contribution < -0.4 is 4.74 Å². The van der Waals surface area contributed by atoms with Crippen molar-refractivity contribution in [2.24, 2.45) is 0 Å². The van der Waals surface area contributed by atoms with E-state index < -0.39 is 0 Å². The summed E-state index contributed by atoms with van der Waals surface area (Å²) in [6, 6.07) is 13.7. The van der Waals surface area contributed by atoms with Crippen molar-refractivity contribution in [2.75, 3.05) is 6.54 Å². The fourth-order valence-electron chi connectivity index (χ4n) is 2.97. The molecule has 4 nitrogen and oxygen atoms in total. The molecule has 0 aliphatic heterocycles. The van der Waals surface area contributed by atoms with Crippen molar-refractivity contribution in [3.63, 3.8) is 0 Å². The molecular formula is C24H26N2O2S. The lowest BCUT2D eigenvalue weighted by molar-refractivity contribution is 0.0761. The van der Waals surface area contributed by atoms with E-state index in [0.29, 0.717) is 25.3 Å². The first-order chi connectivity index (χ1) is 14.0. The van der Waals surface area contributed by atoms with Gasteiger partial charge in [0.1, 0.15) is 17.4 Å². The number of rotatable bonds is 8. The smallest absolute Gasteiger partial charge is 0.254 e. The van der Waals surface area contributed by atoms with Gasteiger partial charge in [0.15, 0.2) is 0 Å². The molecule has 0 fully saturated rings. The molecule has 1 heterocycles. The molecule has 0 radical (unpaired) electrons. The Balaban J connectivity index is 1.65. The van der Waals surface area contributed by atoms with Gasteiger partial charge in [-0.3, -0.25) is 4.79 Å². The number of benzene rings is 2. The maximum Gasteiger partial charge on any atom is 0.254 e. The minimum absolute atomic E-state index is 0.0190. The van der Waals surface area contributed by atoms with Crippen LogP contribution in [0.1, 0.15) is 37.7 Å². The average molecular weight is 407 g/mol. The van der Waals surface area contributed by atoms with Crippen LogP contribution in [0.15, 0.2) is 60.5 Å². The highest BCUT2D eigenvalue weighted by atomic mass is 32.1. The van der Waals surface area contributed by atoms with Gasteiger partial charge in [-0.2, -0.15) is 0 Å². The van der Waals surface area contributed by atoms with Crippen molar-refractivity contribution >= 4 is 17.2 Å². The highest BCUT2D eigenvalue weighted by molar-refractivity contribution is 7.09. The molecule has 0 aliphatic carbocycles. The van der Waals surface area contributed by atoms with Gasteiger partial charge in [-0.25, -0.2) is 4.98 Å². The van der Waals surface area contributed by atoms with Gasteiger partial charge < -0.3 is 9.64 Å². The lowest BCUT2D eigenvalue weighted by Crippen LogP contribution is -2.30. The summed E-state index contributed by atoms with van der Waals surface area (Å²) in [6.45, 7) is 11.3. The van der Waals surface area contributed by atoms with Crippen molar-refractivity contribution in [2.45, 2.75) is 33.9 Å². The summed E-state index contributed by atoms with van der Waals surface area (Å²) >= 11 is 1.55. The first-order valence-corrected chi connectivity index (χ1v) is 10.4. The Labute approximate surface area is 176 Å². The van der Waals surface area contributed by atoms with Crippen molar-refractivity contribution in [3.8, 4) is 5.75 Å². The van der Waals surface area contributed by atoms with Crippen LogP contribution >= 0.6 is 11.3 Å². The molecule has 0 unspecified atom stereocenters. The van der Waals surface area contributed by atoms with Crippen LogP contribution in [0.25, 0.3) is 0 Å². The molecule has 0 N–H and O–H groups in total. The predicted molar refractivity (Wildman–Crippen MR) is 118 cm³/mol. The number of aromatic nitrogens is 1. The van der Waals surface area contributed by atoms with Crippen LogP contribution in [-0.4, -0.2) is 22.3 Å². The van der Waals surface area contributed by atoms with E-state index in [1.165, 1.54) is 11.1 Å². The lowest BCUT2D eigenvalue weighted by atomic mass is 10.1. The third-order valence-corrected chi connectivity index (χ3v) is 5.57. The summed E-state index contributed by atoms with van der Waals surface area (Å²) < 4.78 is 5.87. The minimum atomic E-state index is -0.0190. The van der Waals surface area contributed by atoms with Crippen molar-refractivity contribution in [1.82, 2.24) is 9.88 Å². The predicted octanol–water partition coefficient (Wildman–Crippen LogP) is 5.48. The summed E-state index contributed by atoms with van der Waals surface area (Å²) in [7, 11) is 0. The van der Waals surface area contributed by atoms with E-state index in [4.69, 9.17) is 4.74 Å². The normalized spacial score (nSPS) is 10.6. The number of ether oxygens (including phenoxy) is 1. The second-order valence-corrected chi connectivity index (χ2v) is 8.05. The molecule has 1 aromatic heterocycles. The largest absolute Gasteiger partial charge is 0.486 e. The van der Waals surface area contributed by atoms with E-state index in [0.717, 1.165) is 22.0 Å². The second kappa shape index (κ2) is 9.52. The molecule has 5 heteroatoms. The first-order valence-electron chi connectivity index (χ1n) is 9.56. The Kier molecular flexibility index (Phi) is 6.83. The van der Waals surface area contributed by atoms with E-state index in [1.807, 2.05) is 48.7 Å². The molecule has 0 spiro atoms. The van der Waals surface area contributed by atoms with E-state index in [-0.39, 0.29) is 5.91 Å². The van der Waals surface area contributed by atoms with Crippen LogP contribution in [0.4, 0.5) is 0 Å². The summed E-state index contributed by atoms with van der Waals surface area (Å²) in [6.07, 6.45) is 1.74. The zero-order chi connectivity index (χ0) is 20.8. The van der Waals surface area contributed by atoms with Crippen LogP contribution in [0.5, 0.6) is 5.75 Å². The zero-order valence-electron chi connectivity index (χ0n) is 17.1. The molecule has 0 aliphatic rings. The van der Waals surface area contributed by atoms with Gasteiger partial charge in [-0.1, -0.05) is 29.8 Å². The zero-order valence-corrected chi connectivity index (χ0v) is 18.0. The third-order valence-electron chi connectivity index (χ3n) is 4.69. The standard InChI is InChI=1S/C24H26N2O2S/c1-5-11-26(24(27)20-8-6-7-17(2)12-20)14-21-16-29-23(25-21)15-28-22-10-9-18(3)19(4)13-22/h5-10,12-13,16H,1,11,14-15H2,2-4H3. The Morgan fingerprint density at radius 1 is 1.17 bits per heavy atom. The molecule has 0 bridgehead atoms. The summed E-state index contributed by atoms with van der Waals surface area (Å²) in [5, 5.41) is 2.87. The fraction of sp³-hybridized carbons (Fsp3) is 0.250. The Morgan fingerprint density at radius 3 is 2.72 bits per heavy atom. The van der Waals surface area contributed by atoms with E-state index in [2.05, 4.69) is 31.5 Å². The fourth-order valence-corrected chi connectivity index (χ4v) is 3.66. The summed E-state index contributed by atoms with van der Waals surface area (Å²) in [5.41, 5.74) is 5.05. The molecule has 1 amide bonds. The number of nitrogens with zero attached hydrogens (tertiary/aromatic N) is 2.